The molecular weight excluding hydrogens is 426 g/mol. The SMILES string of the molecule is CC(=O)N1CCCc2cc(S(=O)(=O)Nc3ccc(S(=O)(=O)NC4CC4)cc3)ccc21. The number of benzene rings is 2. The highest BCUT2D eigenvalue weighted by Gasteiger charge is 2.28. The molecule has 1 aliphatic carbocycles. The van der Waals surface area contributed by atoms with Gasteiger partial charge in [0.2, 0.25) is 15.9 Å². The van der Waals surface area contributed by atoms with Crippen LogP contribution in [0.25, 0.3) is 0 Å². The van der Waals surface area contributed by atoms with Crippen LogP contribution in [0.5, 0.6) is 0 Å². The maximum Gasteiger partial charge on any atom is 0.261 e. The summed E-state index contributed by atoms with van der Waals surface area (Å²) >= 11 is 0. The summed E-state index contributed by atoms with van der Waals surface area (Å²) in [6, 6.07) is 10.3. The zero-order chi connectivity index (χ0) is 21.5. The van der Waals surface area contributed by atoms with Gasteiger partial charge < -0.3 is 4.90 Å². The molecule has 1 saturated carbocycles. The van der Waals surface area contributed by atoms with Crippen molar-refractivity contribution in [3.05, 3.63) is 48.0 Å². The maximum atomic E-state index is 12.8. The Bertz CT molecular complexity index is 1190. The van der Waals surface area contributed by atoms with E-state index in [0.717, 1.165) is 30.5 Å². The molecule has 1 aliphatic heterocycles. The Kier molecular flexibility index (Phi) is 5.33. The number of anilines is 2. The molecule has 0 radical (unpaired) electrons. The van der Waals surface area contributed by atoms with E-state index < -0.39 is 20.0 Å². The minimum Gasteiger partial charge on any atom is -0.312 e. The van der Waals surface area contributed by atoms with E-state index in [1.807, 2.05) is 0 Å². The molecule has 0 aromatic heterocycles. The van der Waals surface area contributed by atoms with E-state index in [1.165, 1.54) is 37.3 Å². The van der Waals surface area contributed by atoms with Crippen molar-refractivity contribution in [3.63, 3.8) is 0 Å². The molecule has 30 heavy (non-hydrogen) atoms. The van der Waals surface area contributed by atoms with Crippen molar-refractivity contribution in [1.82, 2.24) is 4.72 Å². The molecule has 2 aliphatic rings. The molecule has 1 fully saturated rings. The molecule has 0 atom stereocenters. The van der Waals surface area contributed by atoms with Gasteiger partial charge in [-0.05, 0) is 73.7 Å². The van der Waals surface area contributed by atoms with E-state index in [9.17, 15) is 21.6 Å². The zero-order valence-corrected chi connectivity index (χ0v) is 18.1. The van der Waals surface area contributed by atoms with Crippen LogP contribution in [0, 0.1) is 0 Å². The van der Waals surface area contributed by atoms with E-state index in [1.54, 1.807) is 17.0 Å². The van der Waals surface area contributed by atoms with Gasteiger partial charge in [0.25, 0.3) is 10.0 Å². The molecule has 4 rings (SSSR count). The van der Waals surface area contributed by atoms with Gasteiger partial charge in [0, 0.05) is 30.9 Å². The fourth-order valence-electron chi connectivity index (χ4n) is 3.47. The van der Waals surface area contributed by atoms with Crippen LogP contribution in [-0.2, 0) is 31.3 Å². The number of nitrogens with one attached hydrogen (secondary N) is 2. The summed E-state index contributed by atoms with van der Waals surface area (Å²) in [5.41, 5.74) is 1.82. The van der Waals surface area contributed by atoms with E-state index in [2.05, 4.69) is 9.44 Å². The highest BCUT2D eigenvalue weighted by molar-refractivity contribution is 7.92. The highest BCUT2D eigenvalue weighted by atomic mass is 32.2. The summed E-state index contributed by atoms with van der Waals surface area (Å²) in [5.74, 6) is -0.0732. The summed E-state index contributed by atoms with van der Waals surface area (Å²) in [7, 11) is -7.45. The third kappa shape index (κ3) is 4.35. The van der Waals surface area contributed by atoms with Gasteiger partial charge >= 0.3 is 0 Å². The molecule has 0 spiro atoms. The number of carbonyl (C=O) groups is 1. The average Bonchev–Trinajstić information content (AvgIpc) is 3.50. The van der Waals surface area contributed by atoms with Gasteiger partial charge in [-0.15, -0.1) is 0 Å². The molecule has 2 N–H and O–H groups in total. The highest BCUT2D eigenvalue weighted by Crippen LogP contribution is 2.30. The van der Waals surface area contributed by atoms with Crippen LogP contribution in [0.3, 0.4) is 0 Å². The van der Waals surface area contributed by atoms with Crippen molar-refractivity contribution >= 4 is 37.3 Å². The number of rotatable bonds is 6. The standard InChI is InChI=1S/C20H23N3O5S2/c1-14(24)23-12-2-3-15-13-19(10-11-20(15)23)30(27,28)22-17-6-8-18(9-7-17)29(25,26)21-16-4-5-16/h6-11,13,16,21-22H,2-5,12H2,1H3. The first-order valence-corrected chi connectivity index (χ1v) is 12.7. The molecule has 0 saturated heterocycles. The van der Waals surface area contributed by atoms with E-state index in [4.69, 9.17) is 0 Å². The number of aryl methyl sites for hydroxylation is 1. The van der Waals surface area contributed by atoms with Gasteiger partial charge in [-0.2, -0.15) is 0 Å². The van der Waals surface area contributed by atoms with Gasteiger partial charge in [0.15, 0.2) is 0 Å². The summed E-state index contributed by atoms with van der Waals surface area (Å²) in [6.07, 6.45) is 3.14. The first-order chi connectivity index (χ1) is 14.2. The lowest BCUT2D eigenvalue weighted by Gasteiger charge is -2.28. The molecule has 10 heteroatoms. The first-order valence-electron chi connectivity index (χ1n) is 9.72. The predicted molar refractivity (Wildman–Crippen MR) is 113 cm³/mol. The smallest absolute Gasteiger partial charge is 0.261 e. The van der Waals surface area contributed by atoms with Crippen LogP contribution >= 0.6 is 0 Å². The average molecular weight is 450 g/mol. The van der Waals surface area contributed by atoms with Crippen LogP contribution < -0.4 is 14.3 Å². The lowest BCUT2D eigenvalue weighted by molar-refractivity contribution is -0.116. The summed E-state index contributed by atoms with van der Waals surface area (Å²) in [5, 5.41) is 0. The predicted octanol–water partition coefficient (Wildman–Crippen LogP) is 2.23. The number of hydrogen-bond acceptors (Lipinski definition) is 5. The Morgan fingerprint density at radius 2 is 1.63 bits per heavy atom. The van der Waals surface area contributed by atoms with Gasteiger partial charge in [-0.1, -0.05) is 0 Å². The van der Waals surface area contributed by atoms with Crippen molar-refractivity contribution in [2.45, 2.75) is 48.4 Å². The number of hydrogen-bond donors (Lipinski definition) is 2. The van der Waals surface area contributed by atoms with Crippen molar-refractivity contribution < 1.29 is 21.6 Å². The molecule has 160 valence electrons. The molecule has 0 bridgehead atoms. The van der Waals surface area contributed by atoms with Gasteiger partial charge in [-0.25, -0.2) is 21.6 Å². The Morgan fingerprint density at radius 1 is 0.967 bits per heavy atom. The van der Waals surface area contributed by atoms with E-state index in [0.29, 0.717) is 13.0 Å². The monoisotopic (exact) mass is 449 g/mol. The quantitative estimate of drug-likeness (QED) is 0.702. The summed E-state index contributed by atoms with van der Waals surface area (Å²) in [6.45, 7) is 2.11. The van der Waals surface area contributed by atoms with Crippen molar-refractivity contribution in [1.29, 1.82) is 0 Å². The number of amides is 1. The number of fused-ring (bicyclic) bond motifs is 1. The zero-order valence-electron chi connectivity index (χ0n) is 16.5. The van der Waals surface area contributed by atoms with Crippen LogP contribution in [0.1, 0.15) is 31.7 Å². The summed E-state index contributed by atoms with van der Waals surface area (Å²) in [4.78, 5) is 13.6. The van der Waals surface area contributed by atoms with E-state index in [-0.39, 0.29) is 27.4 Å². The van der Waals surface area contributed by atoms with Gasteiger partial charge in [0.1, 0.15) is 0 Å². The van der Waals surface area contributed by atoms with Crippen molar-refractivity contribution in [3.8, 4) is 0 Å². The lowest BCUT2D eigenvalue weighted by Crippen LogP contribution is -2.33. The molecule has 1 amide bonds. The number of carbonyl (C=O) groups excluding carboxylic acids is 1. The number of sulfonamides is 2. The second kappa shape index (κ2) is 7.68. The minimum atomic E-state index is -3.86. The van der Waals surface area contributed by atoms with Crippen LogP contribution in [0.2, 0.25) is 0 Å². The third-order valence-corrected chi connectivity index (χ3v) is 8.09. The molecule has 2 aromatic carbocycles. The molecule has 2 aromatic rings. The Morgan fingerprint density at radius 3 is 2.27 bits per heavy atom. The molecule has 0 unspecified atom stereocenters. The maximum absolute atomic E-state index is 12.8. The molecular formula is C20H23N3O5S2. The Labute approximate surface area is 176 Å². The molecule has 1 heterocycles. The Hall–Kier alpha value is -2.43. The van der Waals surface area contributed by atoms with Gasteiger partial charge in [-0.3, -0.25) is 9.52 Å². The molecule has 8 nitrogen and oxygen atoms in total. The normalized spacial score (nSPS) is 16.8. The Balaban J connectivity index is 1.54. The largest absolute Gasteiger partial charge is 0.312 e. The number of nitrogens with zero attached hydrogens (tertiary/aromatic N) is 1. The fraction of sp³-hybridized carbons (Fsp3) is 0.350. The van der Waals surface area contributed by atoms with Crippen molar-refractivity contribution in [2.75, 3.05) is 16.2 Å². The van der Waals surface area contributed by atoms with Crippen LogP contribution in [0.15, 0.2) is 52.3 Å². The first kappa shape index (κ1) is 20.8. The van der Waals surface area contributed by atoms with Gasteiger partial charge in [0.05, 0.1) is 9.79 Å². The second-order valence-electron chi connectivity index (χ2n) is 7.59. The van der Waals surface area contributed by atoms with Crippen LogP contribution in [0.4, 0.5) is 11.4 Å². The topological polar surface area (TPSA) is 113 Å². The van der Waals surface area contributed by atoms with E-state index >= 15 is 0 Å². The van der Waals surface area contributed by atoms with Crippen molar-refractivity contribution in [2.24, 2.45) is 0 Å². The minimum absolute atomic E-state index is 0.00360. The fourth-order valence-corrected chi connectivity index (χ4v) is 5.89. The lowest BCUT2D eigenvalue weighted by atomic mass is 10.0. The third-order valence-electron chi connectivity index (χ3n) is 5.18. The summed E-state index contributed by atoms with van der Waals surface area (Å²) < 4.78 is 55.2. The second-order valence-corrected chi connectivity index (χ2v) is 11.0. The van der Waals surface area contributed by atoms with Crippen LogP contribution in [-0.4, -0.2) is 35.3 Å².